The number of thiophene rings is 1. The predicted molar refractivity (Wildman–Crippen MR) is 160 cm³/mol. The van der Waals surface area contributed by atoms with Gasteiger partial charge in [-0.25, -0.2) is 4.98 Å². The molecule has 1 fully saturated rings. The molecule has 12 heteroatoms. The molecule has 0 saturated carbocycles. The van der Waals surface area contributed by atoms with Gasteiger partial charge in [0.15, 0.2) is 0 Å². The number of hydrogen-bond acceptors (Lipinski definition) is 10. The first-order chi connectivity index (χ1) is 19.8. The number of oxazole rings is 1. The summed E-state index contributed by atoms with van der Waals surface area (Å²) in [6, 6.07) is 17.6. The van der Waals surface area contributed by atoms with Crippen LogP contribution < -0.4 is 4.74 Å². The normalized spacial score (nSPS) is 16.2. The predicted octanol–water partition coefficient (Wildman–Crippen LogP) is 8.42. The quantitative estimate of drug-likeness (QED) is 0.136. The molecule has 1 atom stereocenters. The molecule has 4 aromatic rings. The Morgan fingerprint density at radius 3 is 2.49 bits per heavy atom. The minimum Gasteiger partial charge on any atom is -0.493 e. The van der Waals surface area contributed by atoms with Gasteiger partial charge in [0.1, 0.15) is 17.2 Å². The molecule has 0 amide bonds. The minimum atomic E-state index is -3.67. The van der Waals surface area contributed by atoms with Crippen LogP contribution in [0.4, 0.5) is 0 Å². The Bertz CT molecular complexity index is 1530. The molecule has 0 aliphatic carbocycles. The van der Waals surface area contributed by atoms with Crippen molar-refractivity contribution in [2.45, 2.75) is 39.3 Å². The van der Waals surface area contributed by atoms with Crippen molar-refractivity contribution in [1.29, 1.82) is 0 Å². The lowest BCUT2D eigenvalue weighted by atomic mass is 10.2. The van der Waals surface area contributed by atoms with E-state index in [2.05, 4.69) is 4.98 Å². The van der Waals surface area contributed by atoms with Crippen LogP contribution in [0.15, 0.2) is 59.0 Å². The number of aryl methyl sites for hydroxylation is 1. The fraction of sp³-hybridized carbons (Fsp3) is 0.414. The first kappa shape index (κ1) is 30.2. The van der Waals surface area contributed by atoms with Gasteiger partial charge in [-0.2, -0.15) is 0 Å². The van der Waals surface area contributed by atoms with Gasteiger partial charge in [0.05, 0.1) is 44.9 Å². The molecular weight excluding hydrogens is 584 g/mol. The molecule has 1 aliphatic heterocycles. The maximum Gasteiger partial charge on any atom is 0.339 e. The number of benzene rings is 2. The number of aromatic nitrogens is 1. The second-order valence-electron chi connectivity index (χ2n) is 9.54. The zero-order chi connectivity index (χ0) is 28.9. The standard InChI is InChI=1S/C29H35NO8P2S/c1-4-34-40(32,35-5-2)26(20-39(31)36-15-9-16-37-39)28-19-23-18-24(12-13-27(23)41-28)33-17-14-25-21(3)38-29(30-25)22-10-7-6-8-11-22/h6-8,10-13,18-19,26H,4-5,9,14-17,20H2,1-3H3. The third kappa shape index (κ3) is 7.20. The Morgan fingerprint density at radius 1 is 1.05 bits per heavy atom. The van der Waals surface area contributed by atoms with Gasteiger partial charge in [-0.15, -0.1) is 11.3 Å². The third-order valence-corrected chi connectivity index (χ3v) is 12.7. The van der Waals surface area contributed by atoms with Crippen molar-refractivity contribution in [2.75, 3.05) is 39.2 Å². The van der Waals surface area contributed by atoms with E-state index in [9.17, 15) is 9.13 Å². The summed E-state index contributed by atoms with van der Waals surface area (Å²) < 4.78 is 62.7. The molecule has 0 bridgehead atoms. The Balaban J connectivity index is 1.33. The maximum absolute atomic E-state index is 14.0. The number of rotatable bonds is 13. The van der Waals surface area contributed by atoms with Gasteiger partial charge < -0.3 is 27.2 Å². The number of nitrogens with zero attached hydrogens (tertiary/aromatic N) is 1. The Morgan fingerprint density at radius 2 is 1.78 bits per heavy atom. The van der Waals surface area contributed by atoms with Gasteiger partial charge in [-0.1, -0.05) is 18.2 Å². The molecular formula is C29H35NO8P2S. The van der Waals surface area contributed by atoms with Crippen LogP contribution in [0.2, 0.25) is 0 Å². The molecule has 1 unspecified atom stereocenters. The van der Waals surface area contributed by atoms with Gasteiger partial charge in [-0.05, 0) is 69.0 Å². The minimum absolute atomic E-state index is 0.0809. The Labute approximate surface area is 244 Å². The number of ether oxygens (including phenoxy) is 1. The van der Waals surface area contributed by atoms with E-state index in [1.54, 1.807) is 13.8 Å². The molecule has 5 rings (SSSR count). The van der Waals surface area contributed by atoms with Gasteiger partial charge in [0.25, 0.3) is 0 Å². The molecule has 0 radical (unpaired) electrons. The van der Waals surface area contributed by atoms with E-state index in [1.807, 2.05) is 61.5 Å². The van der Waals surface area contributed by atoms with Crippen molar-refractivity contribution >= 4 is 36.6 Å². The Kier molecular flexibility index (Phi) is 9.82. The average molecular weight is 620 g/mol. The van der Waals surface area contributed by atoms with E-state index in [0.29, 0.717) is 44.3 Å². The molecule has 220 valence electrons. The zero-order valence-electron chi connectivity index (χ0n) is 23.4. The van der Waals surface area contributed by atoms with Gasteiger partial charge in [-0.3, -0.25) is 9.13 Å². The SMILES string of the molecule is CCOP(=O)(OCC)C(CP1(=O)OCCCO1)c1cc2cc(OCCc3nc(-c4ccccc4)oc3C)ccc2s1. The van der Waals surface area contributed by atoms with E-state index >= 15 is 0 Å². The lowest BCUT2D eigenvalue weighted by Gasteiger charge is -2.30. The van der Waals surface area contributed by atoms with Crippen molar-refractivity contribution in [1.82, 2.24) is 4.98 Å². The van der Waals surface area contributed by atoms with Crippen molar-refractivity contribution in [2.24, 2.45) is 0 Å². The summed E-state index contributed by atoms with van der Waals surface area (Å²) >= 11 is 1.46. The highest BCUT2D eigenvalue weighted by molar-refractivity contribution is 7.58. The summed E-state index contributed by atoms with van der Waals surface area (Å²) in [4.78, 5) is 5.39. The molecule has 2 aromatic heterocycles. The van der Waals surface area contributed by atoms with Crippen LogP contribution in [0.25, 0.3) is 21.5 Å². The van der Waals surface area contributed by atoms with E-state index in [1.165, 1.54) is 11.3 Å². The summed E-state index contributed by atoms with van der Waals surface area (Å²) in [5.74, 6) is 2.07. The molecule has 0 spiro atoms. The van der Waals surface area contributed by atoms with Crippen LogP contribution in [0, 0.1) is 6.92 Å². The highest BCUT2D eigenvalue weighted by atomic mass is 32.1. The second kappa shape index (κ2) is 13.3. The first-order valence-electron chi connectivity index (χ1n) is 13.8. The summed E-state index contributed by atoms with van der Waals surface area (Å²) in [5, 5.41) is 0.916. The molecule has 1 aliphatic rings. The number of fused-ring (bicyclic) bond motifs is 1. The average Bonchev–Trinajstić information content (AvgIpc) is 3.56. The molecule has 1 saturated heterocycles. The zero-order valence-corrected chi connectivity index (χ0v) is 26.1. The van der Waals surface area contributed by atoms with Crippen LogP contribution in [0.5, 0.6) is 5.75 Å². The van der Waals surface area contributed by atoms with Crippen molar-refractivity contribution in [3.63, 3.8) is 0 Å². The van der Waals surface area contributed by atoms with E-state index in [4.69, 9.17) is 27.2 Å². The van der Waals surface area contributed by atoms with Crippen LogP contribution in [-0.2, 0) is 33.6 Å². The summed E-state index contributed by atoms with van der Waals surface area (Å²) in [7, 11) is -7.14. The largest absolute Gasteiger partial charge is 0.493 e. The van der Waals surface area contributed by atoms with Crippen molar-refractivity contribution < 1.29 is 36.4 Å². The van der Waals surface area contributed by atoms with E-state index < -0.39 is 20.9 Å². The lowest BCUT2D eigenvalue weighted by Crippen LogP contribution is -2.16. The summed E-state index contributed by atoms with van der Waals surface area (Å²) in [6.45, 7) is 6.92. The molecule has 0 N–H and O–H groups in total. The molecule has 9 nitrogen and oxygen atoms in total. The van der Waals surface area contributed by atoms with Crippen molar-refractivity contribution in [3.8, 4) is 17.2 Å². The molecule has 3 heterocycles. The van der Waals surface area contributed by atoms with Crippen molar-refractivity contribution in [3.05, 3.63) is 70.9 Å². The van der Waals surface area contributed by atoms with Gasteiger partial charge >= 0.3 is 15.2 Å². The third-order valence-electron chi connectivity index (χ3n) is 6.62. The van der Waals surface area contributed by atoms with Gasteiger partial charge in [0, 0.05) is 21.6 Å². The smallest absolute Gasteiger partial charge is 0.339 e. The van der Waals surface area contributed by atoms with E-state index in [0.717, 1.165) is 32.0 Å². The maximum atomic E-state index is 14.0. The Hall–Kier alpha value is -2.29. The fourth-order valence-corrected chi connectivity index (χ4v) is 11.0. The first-order valence-corrected chi connectivity index (χ1v) is 17.9. The summed E-state index contributed by atoms with van der Waals surface area (Å²) in [6.07, 6.45) is 1.18. The monoisotopic (exact) mass is 619 g/mol. The van der Waals surface area contributed by atoms with Crippen LogP contribution >= 0.6 is 26.5 Å². The van der Waals surface area contributed by atoms with Crippen LogP contribution in [0.1, 0.15) is 42.3 Å². The number of hydrogen-bond donors (Lipinski definition) is 0. The molecule has 2 aromatic carbocycles. The van der Waals surface area contributed by atoms with E-state index in [-0.39, 0.29) is 19.4 Å². The lowest BCUT2D eigenvalue weighted by molar-refractivity contribution is 0.144. The highest BCUT2D eigenvalue weighted by Gasteiger charge is 2.44. The highest BCUT2D eigenvalue weighted by Crippen LogP contribution is 2.68. The van der Waals surface area contributed by atoms with Gasteiger partial charge in [0.2, 0.25) is 5.89 Å². The van der Waals surface area contributed by atoms with Crippen LogP contribution in [-0.4, -0.2) is 44.2 Å². The topological polar surface area (TPSA) is 106 Å². The fourth-order valence-electron chi connectivity index (χ4n) is 4.67. The molecule has 41 heavy (non-hydrogen) atoms. The van der Waals surface area contributed by atoms with Crippen LogP contribution in [0.3, 0.4) is 0 Å². The summed E-state index contributed by atoms with van der Waals surface area (Å²) in [5.41, 5.74) is 1.00. The second-order valence-corrected chi connectivity index (χ2v) is 15.0.